The maximum atomic E-state index is 13.4. The molecule has 5 heterocycles. The second-order valence-corrected chi connectivity index (χ2v) is 12.2. The molecule has 0 bridgehead atoms. The summed E-state index contributed by atoms with van der Waals surface area (Å²) in [5.41, 5.74) is 5.96. The summed E-state index contributed by atoms with van der Waals surface area (Å²) >= 11 is 1.81. The van der Waals surface area contributed by atoms with E-state index in [1.54, 1.807) is 0 Å². The van der Waals surface area contributed by atoms with Gasteiger partial charge in [-0.05, 0) is 69.0 Å². The minimum absolute atomic E-state index is 0.196. The molecule has 3 aromatic rings. The van der Waals surface area contributed by atoms with Gasteiger partial charge in [0.2, 0.25) is 5.91 Å². The Labute approximate surface area is 227 Å². The van der Waals surface area contributed by atoms with Crippen molar-refractivity contribution >= 4 is 51.3 Å². The normalized spacial score (nSPS) is 18.8. The number of aliphatic hydroxyl groups is 1. The number of benzene rings is 1. The van der Waals surface area contributed by atoms with Crippen molar-refractivity contribution < 1.29 is 9.90 Å². The molecule has 3 aliphatic heterocycles. The Balaban J connectivity index is 1.14. The van der Waals surface area contributed by atoms with Crippen LogP contribution in [0.4, 0.5) is 17.1 Å². The molecule has 0 atom stereocenters. The number of amides is 1. The van der Waals surface area contributed by atoms with Gasteiger partial charge in [0.1, 0.15) is 5.65 Å². The molecule has 0 unspecified atom stereocenters. The number of aliphatic hydroxyl groups excluding tert-OH is 1. The first-order chi connectivity index (χ1) is 18.4. The van der Waals surface area contributed by atoms with E-state index in [9.17, 15) is 9.90 Å². The van der Waals surface area contributed by atoms with Gasteiger partial charge in [0.25, 0.3) is 0 Å². The predicted molar refractivity (Wildman–Crippen MR) is 155 cm³/mol. The highest BCUT2D eigenvalue weighted by molar-refractivity contribution is 7.99. The lowest BCUT2D eigenvalue weighted by atomic mass is 9.89. The van der Waals surface area contributed by atoms with Gasteiger partial charge in [0, 0.05) is 66.3 Å². The van der Waals surface area contributed by atoms with Gasteiger partial charge in [-0.2, -0.15) is 0 Å². The van der Waals surface area contributed by atoms with Crippen molar-refractivity contribution in [1.82, 2.24) is 19.8 Å². The van der Waals surface area contributed by atoms with Crippen LogP contribution in [0.15, 0.2) is 47.5 Å². The van der Waals surface area contributed by atoms with E-state index in [0.717, 1.165) is 72.9 Å². The summed E-state index contributed by atoms with van der Waals surface area (Å²) in [6.45, 7) is 7.87. The number of nitrogens with one attached hydrogen (secondary N) is 3. The summed E-state index contributed by atoms with van der Waals surface area (Å²) < 4.78 is 0. The molecule has 0 saturated carbocycles. The first-order valence-electron chi connectivity index (χ1n) is 13.5. The number of hydrogen-bond donors (Lipinski definition) is 4. The third-order valence-corrected chi connectivity index (χ3v) is 8.82. The Morgan fingerprint density at radius 1 is 1.21 bits per heavy atom. The van der Waals surface area contributed by atoms with Crippen LogP contribution in [0.25, 0.3) is 16.6 Å². The van der Waals surface area contributed by atoms with E-state index >= 15 is 0 Å². The van der Waals surface area contributed by atoms with Crippen molar-refractivity contribution in [3.8, 4) is 0 Å². The maximum absolute atomic E-state index is 13.4. The SMILES string of the molecule is CC(C)(CN1CCC(O)CC1)C(=O)N1CC=C(c2cc3c(Nc4ccc5c(c4)SCN5)ccnc3[nH]2)CC1. The number of pyridine rings is 1. The van der Waals surface area contributed by atoms with Crippen LogP contribution in [0.5, 0.6) is 0 Å². The molecule has 3 aliphatic rings. The molecule has 38 heavy (non-hydrogen) atoms. The zero-order chi connectivity index (χ0) is 26.3. The molecule has 0 aliphatic carbocycles. The summed E-state index contributed by atoms with van der Waals surface area (Å²) in [7, 11) is 0. The van der Waals surface area contributed by atoms with Crippen LogP contribution in [0, 0.1) is 5.41 Å². The molecule has 0 spiro atoms. The molecule has 4 N–H and O–H groups in total. The smallest absolute Gasteiger partial charge is 0.229 e. The van der Waals surface area contributed by atoms with E-state index in [2.05, 4.69) is 55.8 Å². The van der Waals surface area contributed by atoms with Crippen molar-refractivity contribution in [2.75, 3.05) is 49.2 Å². The highest BCUT2D eigenvalue weighted by atomic mass is 32.2. The second kappa shape index (κ2) is 10.3. The van der Waals surface area contributed by atoms with Gasteiger partial charge < -0.3 is 30.5 Å². The Morgan fingerprint density at radius 2 is 2.05 bits per heavy atom. The number of aromatic amines is 1. The average Bonchev–Trinajstić information content (AvgIpc) is 3.57. The highest BCUT2D eigenvalue weighted by Gasteiger charge is 2.35. The third-order valence-electron chi connectivity index (χ3n) is 7.88. The van der Waals surface area contributed by atoms with Crippen molar-refractivity contribution in [3.05, 3.63) is 48.3 Å². The number of rotatable bonds is 6. The first-order valence-corrected chi connectivity index (χ1v) is 14.5. The monoisotopic (exact) mass is 532 g/mol. The van der Waals surface area contributed by atoms with Crippen molar-refractivity contribution in [1.29, 1.82) is 0 Å². The molecule has 6 rings (SSSR count). The number of aromatic nitrogens is 2. The molecule has 1 aromatic carbocycles. The number of thioether (sulfide) groups is 1. The largest absolute Gasteiger partial charge is 0.393 e. The number of anilines is 3. The Kier molecular flexibility index (Phi) is 6.84. The lowest BCUT2D eigenvalue weighted by Gasteiger charge is -2.38. The first kappa shape index (κ1) is 25.3. The van der Waals surface area contributed by atoms with Crippen LogP contribution in [0.3, 0.4) is 0 Å². The Hall–Kier alpha value is -3.01. The fraction of sp³-hybridized carbons (Fsp3) is 0.448. The van der Waals surface area contributed by atoms with Crippen LogP contribution in [-0.2, 0) is 4.79 Å². The van der Waals surface area contributed by atoms with Crippen molar-refractivity contribution in [2.45, 2.75) is 44.1 Å². The highest BCUT2D eigenvalue weighted by Crippen LogP contribution is 2.37. The predicted octanol–water partition coefficient (Wildman–Crippen LogP) is 4.88. The fourth-order valence-electron chi connectivity index (χ4n) is 5.75. The van der Waals surface area contributed by atoms with Crippen LogP contribution in [-0.4, -0.2) is 75.5 Å². The average molecular weight is 533 g/mol. The van der Waals surface area contributed by atoms with Crippen LogP contribution in [0.2, 0.25) is 0 Å². The molecule has 1 saturated heterocycles. The number of nitrogens with zero attached hydrogens (tertiary/aromatic N) is 3. The summed E-state index contributed by atoms with van der Waals surface area (Å²) in [4.78, 5) is 27.1. The van der Waals surface area contributed by atoms with E-state index in [0.29, 0.717) is 13.1 Å². The van der Waals surface area contributed by atoms with Crippen molar-refractivity contribution in [3.63, 3.8) is 0 Å². The fourth-order valence-corrected chi connectivity index (χ4v) is 6.64. The van der Waals surface area contributed by atoms with Crippen molar-refractivity contribution in [2.24, 2.45) is 5.41 Å². The molecular formula is C29H36N6O2S. The number of H-pyrrole nitrogens is 1. The molecule has 1 fully saturated rings. The van der Waals surface area contributed by atoms with Gasteiger partial charge >= 0.3 is 0 Å². The van der Waals surface area contributed by atoms with Crippen LogP contribution in [0.1, 0.15) is 38.8 Å². The van der Waals surface area contributed by atoms with E-state index in [-0.39, 0.29) is 12.0 Å². The molecule has 9 heteroatoms. The summed E-state index contributed by atoms with van der Waals surface area (Å²) in [5, 5.41) is 17.8. The number of hydrogen-bond acceptors (Lipinski definition) is 7. The van der Waals surface area contributed by atoms with E-state index < -0.39 is 5.41 Å². The number of carbonyl (C=O) groups excluding carboxylic acids is 1. The number of likely N-dealkylation sites (tertiary alicyclic amines) is 1. The number of piperidine rings is 1. The van der Waals surface area contributed by atoms with Crippen LogP contribution >= 0.6 is 11.8 Å². The van der Waals surface area contributed by atoms with Gasteiger partial charge in [-0.25, -0.2) is 4.98 Å². The zero-order valence-corrected chi connectivity index (χ0v) is 22.9. The maximum Gasteiger partial charge on any atom is 0.229 e. The molecule has 2 aromatic heterocycles. The molecular weight excluding hydrogens is 496 g/mol. The van der Waals surface area contributed by atoms with Gasteiger partial charge in [-0.15, -0.1) is 11.8 Å². The zero-order valence-electron chi connectivity index (χ0n) is 22.1. The standard InChI is InChI=1S/C29H36N6O2S/c1-29(2,17-34-11-8-21(36)9-12-34)28(37)35-13-6-19(7-14-35)25-16-22-23(5-10-30-27(22)33-25)32-20-3-4-24-26(15-20)38-18-31-24/h3-6,10,15-16,21,31,36H,7-9,11-14,17-18H2,1-2H3,(H2,30,32,33). The number of carbonyl (C=O) groups is 1. The third kappa shape index (κ3) is 5.15. The van der Waals surface area contributed by atoms with Gasteiger partial charge in [-0.1, -0.05) is 6.08 Å². The Bertz CT molecular complexity index is 1370. The number of fused-ring (bicyclic) bond motifs is 2. The molecule has 0 radical (unpaired) electrons. The minimum Gasteiger partial charge on any atom is -0.393 e. The molecule has 1 amide bonds. The molecule has 200 valence electrons. The molecule has 8 nitrogen and oxygen atoms in total. The second-order valence-electron chi connectivity index (χ2n) is 11.2. The van der Waals surface area contributed by atoms with E-state index in [1.165, 1.54) is 16.2 Å². The minimum atomic E-state index is -0.453. The van der Waals surface area contributed by atoms with Gasteiger partial charge in [-0.3, -0.25) is 4.79 Å². The Morgan fingerprint density at radius 3 is 2.84 bits per heavy atom. The van der Waals surface area contributed by atoms with Crippen LogP contribution < -0.4 is 10.6 Å². The van der Waals surface area contributed by atoms with E-state index in [4.69, 9.17) is 0 Å². The van der Waals surface area contributed by atoms with Gasteiger partial charge in [0.05, 0.1) is 23.1 Å². The topological polar surface area (TPSA) is 96.5 Å². The van der Waals surface area contributed by atoms with Gasteiger partial charge in [0.15, 0.2) is 0 Å². The summed E-state index contributed by atoms with van der Waals surface area (Å²) in [6, 6.07) is 10.6. The quantitative estimate of drug-likeness (QED) is 0.359. The van der Waals surface area contributed by atoms with E-state index in [1.807, 2.05) is 42.8 Å². The lowest BCUT2D eigenvalue weighted by Crippen LogP contribution is -2.49. The summed E-state index contributed by atoms with van der Waals surface area (Å²) in [6.07, 6.45) is 6.20. The summed E-state index contributed by atoms with van der Waals surface area (Å²) in [5.74, 6) is 1.12. The lowest BCUT2D eigenvalue weighted by molar-refractivity contribution is -0.141.